The Labute approximate surface area is 312 Å². The lowest BCUT2D eigenvalue weighted by atomic mass is 9.76. The van der Waals surface area contributed by atoms with Crippen LogP contribution in [0.3, 0.4) is 0 Å². The van der Waals surface area contributed by atoms with Crippen molar-refractivity contribution in [3.63, 3.8) is 0 Å². The third-order valence-electron chi connectivity index (χ3n) is 9.95. The quantitative estimate of drug-likeness (QED) is 0.0923. The van der Waals surface area contributed by atoms with Gasteiger partial charge in [-0.3, -0.25) is 24.1 Å². The first-order chi connectivity index (χ1) is 24.2. The first-order valence-corrected chi connectivity index (χ1v) is 19.4. The summed E-state index contributed by atoms with van der Waals surface area (Å²) in [7, 11) is -4.07. The minimum atomic E-state index is -4.07. The number of anilines is 1. The number of imide groups is 1. The smallest absolute Gasteiger partial charge is 0.262 e. The summed E-state index contributed by atoms with van der Waals surface area (Å²) in [5.41, 5.74) is 1.17. The molecule has 1 aliphatic heterocycles. The van der Waals surface area contributed by atoms with Crippen LogP contribution in [0.4, 0.5) is 5.69 Å². The minimum absolute atomic E-state index is 0.0100. The molecule has 0 spiro atoms. The van der Waals surface area contributed by atoms with Crippen molar-refractivity contribution < 1.29 is 32.3 Å². The lowest BCUT2D eigenvalue weighted by molar-refractivity contribution is -0.136. The largest absolute Gasteiger partial charge is 0.493 e. The van der Waals surface area contributed by atoms with Gasteiger partial charge in [0, 0.05) is 17.5 Å². The molecule has 1 atom stereocenters. The average molecular weight is 752 g/mol. The lowest BCUT2D eigenvalue weighted by Gasteiger charge is -2.30. The highest BCUT2D eigenvalue weighted by Gasteiger charge is 2.48. The number of hydrogen-bond donors (Lipinski definition) is 2. The van der Waals surface area contributed by atoms with Gasteiger partial charge in [0.2, 0.25) is 10.0 Å². The molecule has 3 aromatic rings. The minimum Gasteiger partial charge on any atom is -0.493 e. The summed E-state index contributed by atoms with van der Waals surface area (Å²) >= 11 is 6.38. The van der Waals surface area contributed by atoms with E-state index in [9.17, 15) is 27.6 Å². The second-order valence-electron chi connectivity index (χ2n) is 15.5. The Kier molecular flexibility index (Phi) is 12.1. The van der Waals surface area contributed by atoms with Crippen molar-refractivity contribution in [3.05, 3.63) is 87.9 Å². The summed E-state index contributed by atoms with van der Waals surface area (Å²) in [6.45, 7) is 18.2. The monoisotopic (exact) mass is 751 g/mol. The van der Waals surface area contributed by atoms with Gasteiger partial charge in [-0.15, -0.1) is 0 Å². The van der Waals surface area contributed by atoms with Gasteiger partial charge < -0.3 is 10.1 Å². The number of fused-ring (bicyclic) bond motifs is 1. The molecule has 1 heterocycles. The van der Waals surface area contributed by atoms with Gasteiger partial charge in [-0.1, -0.05) is 98.2 Å². The van der Waals surface area contributed by atoms with Gasteiger partial charge in [-0.2, -0.15) is 0 Å². The first kappa shape index (κ1) is 40.7. The van der Waals surface area contributed by atoms with Crippen LogP contribution in [-0.2, 0) is 30.4 Å². The number of carbonyl (C=O) groups excluding carboxylic acids is 4. The summed E-state index contributed by atoms with van der Waals surface area (Å²) in [5.74, 6) is -2.48. The number of nitrogens with zero attached hydrogens (tertiary/aromatic N) is 1. The molecule has 3 aromatic carbocycles. The van der Waals surface area contributed by atoms with E-state index in [4.69, 9.17) is 16.3 Å². The van der Waals surface area contributed by atoms with Crippen molar-refractivity contribution in [2.45, 2.75) is 103 Å². The zero-order valence-electron chi connectivity index (χ0n) is 31.5. The number of halogens is 1. The zero-order valence-corrected chi connectivity index (χ0v) is 33.0. The van der Waals surface area contributed by atoms with Crippen LogP contribution in [0.2, 0.25) is 5.02 Å². The molecule has 0 saturated heterocycles. The molecule has 52 heavy (non-hydrogen) atoms. The van der Waals surface area contributed by atoms with Crippen LogP contribution in [0.5, 0.6) is 5.75 Å². The van der Waals surface area contributed by atoms with E-state index < -0.39 is 45.0 Å². The Balaban J connectivity index is 1.47. The molecule has 1 unspecified atom stereocenters. The molecule has 12 heteroatoms. The van der Waals surface area contributed by atoms with Crippen LogP contribution in [0.1, 0.15) is 113 Å². The lowest BCUT2D eigenvalue weighted by Crippen LogP contribution is -2.54. The zero-order chi connectivity index (χ0) is 38.8. The first-order valence-electron chi connectivity index (χ1n) is 17.6. The Hall–Kier alpha value is -4.06. The van der Waals surface area contributed by atoms with Crippen molar-refractivity contribution >= 4 is 50.8 Å². The number of sulfonamides is 1. The molecule has 2 N–H and O–H groups in total. The highest BCUT2D eigenvalue weighted by atomic mass is 35.5. The number of ketones is 1. The van der Waals surface area contributed by atoms with E-state index in [1.54, 1.807) is 32.9 Å². The van der Waals surface area contributed by atoms with E-state index >= 15 is 0 Å². The highest BCUT2D eigenvalue weighted by Crippen LogP contribution is 2.38. The summed E-state index contributed by atoms with van der Waals surface area (Å²) in [4.78, 5) is 54.4. The van der Waals surface area contributed by atoms with Gasteiger partial charge in [-0.05, 0) is 72.1 Å². The second kappa shape index (κ2) is 15.5. The Morgan fingerprint density at radius 1 is 0.846 bits per heavy atom. The van der Waals surface area contributed by atoms with Crippen molar-refractivity contribution in [3.8, 4) is 5.75 Å². The summed E-state index contributed by atoms with van der Waals surface area (Å²) < 4.78 is 35.4. The second-order valence-corrected chi connectivity index (χ2v) is 17.6. The van der Waals surface area contributed by atoms with Crippen molar-refractivity contribution in [1.82, 2.24) is 9.62 Å². The van der Waals surface area contributed by atoms with Crippen molar-refractivity contribution in [1.29, 1.82) is 0 Å². The van der Waals surface area contributed by atoms with Gasteiger partial charge in [0.05, 0.1) is 33.3 Å². The number of hydrogen-bond acceptors (Lipinski definition) is 7. The van der Waals surface area contributed by atoms with Gasteiger partial charge >= 0.3 is 0 Å². The number of Topliss-reactive ketones (excluding diaryl/α,β-unsaturated/α-hetero) is 1. The molecule has 0 bridgehead atoms. The molecule has 3 amide bonds. The molecule has 10 nitrogen and oxygen atoms in total. The van der Waals surface area contributed by atoms with Crippen LogP contribution in [-0.4, -0.2) is 56.0 Å². The summed E-state index contributed by atoms with van der Waals surface area (Å²) in [6.07, 6.45) is 2.29. The Morgan fingerprint density at radius 3 is 2.00 bits per heavy atom. The molecule has 1 aliphatic rings. The topological polar surface area (TPSA) is 139 Å². The fourth-order valence-corrected chi connectivity index (χ4v) is 6.98. The van der Waals surface area contributed by atoms with E-state index in [0.717, 1.165) is 24.2 Å². The molecule has 0 radical (unpaired) electrons. The van der Waals surface area contributed by atoms with Crippen LogP contribution in [0.15, 0.2) is 65.6 Å². The maximum atomic E-state index is 13.8. The Bertz CT molecular complexity index is 1950. The number of nitrogens with one attached hydrogen (secondary N) is 2. The molecule has 0 saturated carbocycles. The maximum Gasteiger partial charge on any atom is 0.262 e. The van der Waals surface area contributed by atoms with Crippen molar-refractivity contribution in [2.75, 3.05) is 18.5 Å². The van der Waals surface area contributed by atoms with Crippen LogP contribution in [0.25, 0.3) is 0 Å². The summed E-state index contributed by atoms with van der Waals surface area (Å²) in [5, 5.41) is 2.49. The predicted octanol–water partition coefficient (Wildman–Crippen LogP) is 7.68. The number of benzene rings is 3. The van der Waals surface area contributed by atoms with Gasteiger partial charge in [0.25, 0.3) is 17.7 Å². The molecule has 0 fully saturated rings. The molecular weight excluding hydrogens is 702 g/mol. The fourth-order valence-electron chi connectivity index (χ4n) is 5.72. The molecule has 280 valence electrons. The van der Waals surface area contributed by atoms with Crippen LogP contribution < -0.4 is 14.8 Å². The van der Waals surface area contributed by atoms with E-state index in [1.807, 2.05) is 6.07 Å². The third kappa shape index (κ3) is 8.59. The number of rotatable bonds is 15. The highest BCUT2D eigenvalue weighted by molar-refractivity contribution is 7.89. The SMILES string of the molecule is CCC(C)(C)c1ccc(OCCCNS(=O)(=O)c2ccc(Cl)c(NC(=O)C(C(=O)C(C)(C)C)N3C(=O)c4ccccc4C3=O)c2)c(C(C)(C)CC)c1. The molecular formula is C40H50ClN3O7S. The molecule has 0 aliphatic carbocycles. The molecule has 0 aromatic heterocycles. The van der Waals surface area contributed by atoms with E-state index in [2.05, 4.69) is 63.7 Å². The van der Waals surface area contributed by atoms with E-state index in [1.165, 1.54) is 35.9 Å². The van der Waals surface area contributed by atoms with E-state index in [0.29, 0.717) is 11.3 Å². The summed E-state index contributed by atoms with van der Waals surface area (Å²) in [6, 6.07) is 14.3. The fraction of sp³-hybridized carbons (Fsp3) is 0.450. The van der Waals surface area contributed by atoms with Crippen LogP contribution in [0, 0.1) is 5.41 Å². The predicted molar refractivity (Wildman–Crippen MR) is 204 cm³/mol. The third-order valence-corrected chi connectivity index (χ3v) is 11.7. The van der Waals surface area contributed by atoms with Gasteiger partial charge in [0.1, 0.15) is 5.75 Å². The van der Waals surface area contributed by atoms with Crippen LogP contribution >= 0.6 is 11.6 Å². The maximum absolute atomic E-state index is 13.8. The average Bonchev–Trinajstić information content (AvgIpc) is 3.33. The number of ether oxygens (including phenoxy) is 1. The van der Waals surface area contributed by atoms with Gasteiger partial charge in [-0.25, -0.2) is 13.1 Å². The van der Waals surface area contributed by atoms with Crippen molar-refractivity contribution in [2.24, 2.45) is 5.41 Å². The normalized spacial score (nSPS) is 14.3. The number of amides is 3. The number of carbonyl (C=O) groups is 4. The standard InChI is InChI=1S/C40H50ClN3O7S/c1-10-39(6,7)25-17-20-32(29(23-25)40(8,9)11-2)51-22-14-21-42-52(49,50)26-18-19-30(41)31(24-26)43-35(46)33(34(45)38(3,4)5)44-36(47)27-15-12-13-16-28(27)37(44)48/h12-13,15-20,23-24,33,42H,10-11,14,21-22H2,1-9H3,(H,43,46). The Morgan fingerprint density at radius 2 is 1.44 bits per heavy atom. The molecule has 4 rings (SSSR count). The van der Waals surface area contributed by atoms with E-state index in [-0.39, 0.29) is 50.7 Å². The van der Waals surface area contributed by atoms with Gasteiger partial charge in [0.15, 0.2) is 11.8 Å².